The maximum absolute atomic E-state index is 9.56. The van der Waals surface area contributed by atoms with Crippen molar-refractivity contribution in [2.24, 2.45) is 0 Å². The Hall–Kier alpha value is 1.95. The summed E-state index contributed by atoms with van der Waals surface area (Å²) in [4.78, 5) is 0. The van der Waals surface area contributed by atoms with Gasteiger partial charge in [0.1, 0.15) is 0 Å². The molecule has 0 aromatic rings. The maximum atomic E-state index is 9.56. The first-order valence-corrected chi connectivity index (χ1v) is 6.62. The largest absolute Gasteiger partial charge is 0.796 e. The van der Waals surface area contributed by atoms with E-state index < -0.39 is 10.8 Å². The first kappa shape index (κ1) is 22.7. The first-order valence-electron chi connectivity index (χ1n) is 2.21. The van der Waals surface area contributed by atoms with E-state index in [1.165, 1.54) is 0 Å². The molecule has 0 N–H and O–H groups in total. The van der Waals surface area contributed by atoms with Crippen LogP contribution < -0.4 is 0 Å². The van der Waals surface area contributed by atoms with Crippen LogP contribution in [0, 0.1) is 0 Å². The van der Waals surface area contributed by atoms with E-state index in [1.54, 1.807) is 30.5 Å². The van der Waals surface area contributed by atoms with Gasteiger partial charge in [0.05, 0.1) is 0 Å². The van der Waals surface area contributed by atoms with Crippen LogP contribution in [-0.4, -0.2) is 35.5 Å². The van der Waals surface area contributed by atoms with Crippen LogP contribution in [-0.2, 0) is 56.1 Å². The molecule has 5 heteroatoms. The van der Waals surface area contributed by atoms with Crippen molar-refractivity contribution in [3.63, 3.8) is 0 Å². The van der Waals surface area contributed by atoms with E-state index >= 15 is 0 Å². The van der Waals surface area contributed by atoms with Gasteiger partial charge in [0.2, 0.25) is 0 Å². The molecule has 0 saturated carbocycles. The fourth-order valence-corrected chi connectivity index (χ4v) is 0. The van der Waals surface area contributed by atoms with Crippen molar-refractivity contribution in [2.75, 3.05) is 31.3 Å². The minimum atomic E-state index is -0.611. The second-order valence-electron chi connectivity index (χ2n) is 1.15. The van der Waals surface area contributed by atoms with Gasteiger partial charge in [-0.2, -0.15) is 18.0 Å². The third-order valence-corrected chi connectivity index (χ3v) is 0. The first-order chi connectivity index (χ1) is 4.15. The smallest absolute Gasteiger partial charge is 0.0148 e. The maximum Gasteiger partial charge on any atom is 0.0148 e. The molecule has 0 atom stereocenters. The van der Waals surface area contributed by atoms with E-state index in [0.29, 0.717) is 0 Å². The summed E-state index contributed by atoms with van der Waals surface area (Å²) >= 11 is 5.83. The minimum absolute atomic E-state index is 0. The second kappa shape index (κ2) is 30.6. The van der Waals surface area contributed by atoms with Crippen molar-refractivity contribution in [3.8, 4) is 0 Å². The van der Waals surface area contributed by atoms with Gasteiger partial charge in [0.15, 0.2) is 0 Å². The monoisotopic (exact) mass is 276 g/mol. The predicted octanol–water partition coefficient (Wildman–Crippen LogP) is 1.13. The van der Waals surface area contributed by atoms with Gasteiger partial charge >= 0.3 is 0 Å². The van der Waals surface area contributed by atoms with E-state index in [4.69, 9.17) is 0 Å². The summed E-state index contributed by atoms with van der Waals surface area (Å²) in [7, 11) is -0.611. The van der Waals surface area contributed by atoms with Crippen molar-refractivity contribution >= 4 is 35.2 Å². The topological polar surface area (TPSA) is 17.1 Å². The quantitative estimate of drug-likeness (QED) is 0.618. The molecule has 0 rings (SSSR count). The van der Waals surface area contributed by atoms with Gasteiger partial charge in [-0.3, -0.25) is 4.21 Å². The van der Waals surface area contributed by atoms with Crippen LogP contribution in [0.15, 0.2) is 0 Å². The summed E-state index contributed by atoms with van der Waals surface area (Å²) in [6.45, 7) is 0. The SMILES string of the molecule is CS(C)=O.CSC.C[S-].[Y]. The Labute approximate surface area is 102 Å². The van der Waals surface area contributed by atoms with E-state index in [-0.39, 0.29) is 32.7 Å². The van der Waals surface area contributed by atoms with Crippen molar-refractivity contribution in [1.82, 2.24) is 0 Å². The average molecular weight is 276 g/mol. The van der Waals surface area contributed by atoms with Crippen molar-refractivity contribution in [3.05, 3.63) is 0 Å². The molecular weight excluding hydrogens is 261 g/mol. The molecule has 0 aromatic carbocycles. The molecule has 0 amide bonds. The second-order valence-corrected chi connectivity index (χ2v) is 3.45. The van der Waals surface area contributed by atoms with E-state index in [2.05, 4.69) is 12.6 Å². The molecular formula is C5H15OS3Y-. The Balaban J connectivity index is -0.0000000273. The molecule has 0 aliphatic carbocycles. The van der Waals surface area contributed by atoms with Gasteiger partial charge in [-0.25, -0.2) is 0 Å². The van der Waals surface area contributed by atoms with Gasteiger partial charge in [-0.1, -0.05) is 0 Å². The van der Waals surface area contributed by atoms with Crippen LogP contribution >= 0.6 is 11.8 Å². The van der Waals surface area contributed by atoms with E-state index in [9.17, 15) is 4.21 Å². The summed E-state index contributed by atoms with van der Waals surface area (Å²) in [6.07, 6.45) is 8.94. The molecule has 0 unspecified atom stereocenters. The Bertz CT molecular complexity index is 48.2. The molecule has 0 saturated heterocycles. The fraction of sp³-hybridized carbons (Fsp3) is 1.00. The molecule has 0 fully saturated rings. The Morgan fingerprint density at radius 3 is 1.20 bits per heavy atom. The molecule has 0 heterocycles. The van der Waals surface area contributed by atoms with E-state index in [0.717, 1.165) is 0 Å². The molecule has 0 aromatic heterocycles. The Morgan fingerprint density at radius 1 is 1.20 bits per heavy atom. The van der Waals surface area contributed by atoms with Crippen molar-refractivity contribution in [1.29, 1.82) is 0 Å². The third-order valence-electron chi connectivity index (χ3n) is 0. The molecule has 1 radical (unpaired) electrons. The Morgan fingerprint density at radius 2 is 1.20 bits per heavy atom. The predicted molar refractivity (Wildman–Crippen MR) is 52.7 cm³/mol. The minimum Gasteiger partial charge on any atom is -0.796 e. The summed E-state index contributed by atoms with van der Waals surface area (Å²) in [5, 5.41) is 0. The van der Waals surface area contributed by atoms with Crippen LogP contribution in [0.1, 0.15) is 0 Å². The zero-order valence-corrected chi connectivity index (χ0v) is 12.5. The van der Waals surface area contributed by atoms with Crippen LogP contribution in [0.2, 0.25) is 0 Å². The fourth-order valence-electron chi connectivity index (χ4n) is 0. The van der Waals surface area contributed by atoms with Crippen LogP contribution in [0.4, 0.5) is 0 Å². The molecule has 0 aliphatic heterocycles. The van der Waals surface area contributed by atoms with Gasteiger partial charge in [0.25, 0.3) is 0 Å². The molecule has 1 nitrogen and oxygen atoms in total. The number of rotatable bonds is 0. The van der Waals surface area contributed by atoms with Gasteiger partial charge in [-0.05, 0) is 12.5 Å². The molecule has 0 bridgehead atoms. The summed E-state index contributed by atoms with van der Waals surface area (Å²) < 4.78 is 9.56. The number of hydrogen-bond donors (Lipinski definition) is 0. The van der Waals surface area contributed by atoms with Crippen LogP contribution in [0.3, 0.4) is 0 Å². The molecule has 0 aliphatic rings. The number of thioether (sulfide) groups is 1. The Kier molecular flexibility index (Phi) is 69.4. The summed E-state index contributed by atoms with van der Waals surface area (Å²) in [6, 6.07) is 0. The van der Waals surface area contributed by atoms with Crippen molar-refractivity contribution < 1.29 is 36.9 Å². The zero-order chi connectivity index (χ0) is 8.28. The third kappa shape index (κ3) is 209. The summed E-state index contributed by atoms with van der Waals surface area (Å²) in [5.74, 6) is 0. The zero-order valence-electron chi connectivity index (χ0n) is 7.21. The van der Waals surface area contributed by atoms with Crippen LogP contribution in [0.25, 0.3) is 0 Å². The standard InChI is InChI=1S/C2H6OS.C2H6S.CH4S.Y/c1-4(2)3;1-3-2;1-2;/h1-2H3;1-2H3;2H,1H3;/p-1. The van der Waals surface area contributed by atoms with Crippen LogP contribution in [0.5, 0.6) is 0 Å². The van der Waals surface area contributed by atoms with Crippen molar-refractivity contribution in [2.45, 2.75) is 0 Å². The molecule has 10 heavy (non-hydrogen) atoms. The number of hydrogen-bond acceptors (Lipinski definition) is 3. The van der Waals surface area contributed by atoms with Gasteiger partial charge in [0, 0.05) is 56.0 Å². The summed E-state index contributed by atoms with van der Waals surface area (Å²) in [5.41, 5.74) is 0. The normalized spacial score (nSPS) is 5.90. The molecule has 0 spiro atoms. The average Bonchev–Trinajstić information content (AvgIpc) is 1.71. The molecule has 63 valence electrons. The van der Waals surface area contributed by atoms with Gasteiger partial charge in [-0.15, -0.1) is 0 Å². The van der Waals surface area contributed by atoms with Gasteiger partial charge < -0.3 is 12.6 Å². The van der Waals surface area contributed by atoms with E-state index in [1.807, 2.05) is 12.5 Å².